The van der Waals surface area contributed by atoms with Crippen LogP contribution in [0, 0.1) is 5.92 Å². The highest BCUT2D eigenvalue weighted by molar-refractivity contribution is 9.12. The average molecular weight is 447 g/mol. The number of piperidine rings is 1. The molecule has 1 aliphatic heterocycles. The van der Waals surface area contributed by atoms with Crippen molar-refractivity contribution in [1.82, 2.24) is 4.31 Å². The Balaban J connectivity index is 2.42. The first-order valence-corrected chi connectivity index (χ1v) is 9.77. The monoisotopic (exact) mass is 445 g/mol. The SMILES string of the molecule is CC1CCN(S(=O)(=O)c2cc(Br)sc2Br)C(C(=O)O)C1. The Hall–Kier alpha value is 0.0400. The summed E-state index contributed by atoms with van der Waals surface area (Å²) in [6.45, 7) is 2.18. The van der Waals surface area contributed by atoms with Gasteiger partial charge >= 0.3 is 5.97 Å². The summed E-state index contributed by atoms with van der Waals surface area (Å²) in [5.41, 5.74) is 0. The summed E-state index contributed by atoms with van der Waals surface area (Å²) in [4.78, 5) is 11.5. The van der Waals surface area contributed by atoms with Gasteiger partial charge in [-0.1, -0.05) is 6.92 Å². The molecule has 2 rings (SSSR count). The van der Waals surface area contributed by atoms with E-state index in [0.29, 0.717) is 20.4 Å². The molecule has 0 aromatic carbocycles. The van der Waals surface area contributed by atoms with Crippen LogP contribution in [-0.4, -0.2) is 36.4 Å². The van der Waals surface area contributed by atoms with Gasteiger partial charge in [0, 0.05) is 6.54 Å². The first kappa shape index (κ1) is 16.4. The molecule has 2 heterocycles. The van der Waals surface area contributed by atoms with Crippen LogP contribution in [0.25, 0.3) is 0 Å². The summed E-state index contributed by atoms with van der Waals surface area (Å²) in [6, 6.07) is 0.510. The van der Waals surface area contributed by atoms with Crippen molar-refractivity contribution in [2.45, 2.75) is 30.7 Å². The van der Waals surface area contributed by atoms with Gasteiger partial charge in [-0.3, -0.25) is 4.79 Å². The summed E-state index contributed by atoms with van der Waals surface area (Å²) in [5.74, 6) is -0.884. The van der Waals surface area contributed by atoms with Gasteiger partial charge in [0.05, 0.1) is 7.57 Å². The number of carbonyl (C=O) groups is 1. The molecule has 2 unspecified atom stereocenters. The van der Waals surface area contributed by atoms with Crippen molar-refractivity contribution in [3.05, 3.63) is 13.6 Å². The molecule has 0 bridgehead atoms. The van der Waals surface area contributed by atoms with E-state index >= 15 is 0 Å². The second kappa shape index (κ2) is 6.04. The molecule has 9 heteroatoms. The van der Waals surface area contributed by atoms with Crippen molar-refractivity contribution in [2.75, 3.05) is 6.54 Å². The van der Waals surface area contributed by atoms with Gasteiger partial charge in [-0.05, 0) is 56.7 Å². The van der Waals surface area contributed by atoms with Gasteiger partial charge in [0.15, 0.2) is 0 Å². The molecule has 112 valence electrons. The Morgan fingerprint density at radius 3 is 2.65 bits per heavy atom. The fourth-order valence-corrected chi connectivity index (χ4v) is 7.63. The number of hydrogen-bond donors (Lipinski definition) is 1. The molecule has 1 saturated heterocycles. The molecule has 2 atom stereocenters. The van der Waals surface area contributed by atoms with E-state index in [1.165, 1.54) is 17.4 Å². The van der Waals surface area contributed by atoms with E-state index in [1.54, 1.807) is 0 Å². The average Bonchev–Trinajstić information content (AvgIpc) is 2.68. The van der Waals surface area contributed by atoms with Crippen molar-refractivity contribution in [1.29, 1.82) is 0 Å². The van der Waals surface area contributed by atoms with E-state index in [2.05, 4.69) is 31.9 Å². The second-order valence-corrected chi connectivity index (χ2v) is 10.4. The van der Waals surface area contributed by atoms with Gasteiger partial charge in [-0.2, -0.15) is 4.31 Å². The Morgan fingerprint density at radius 1 is 1.50 bits per heavy atom. The predicted octanol–water partition coefficient (Wildman–Crippen LogP) is 3.15. The van der Waals surface area contributed by atoms with Crippen molar-refractivity contribution in [3.8, 4) is 0 Å². The Morgan fingerprint density at radius 2 is 2.15 bits per heavy atom. The third-order valence-corrected chi connectivity index (χ3v) is 7.98. The summed E-state index contributed by atoms with van der Waals surface area (Å²) in [5, 5.41) is 9.29. The molecule has 1 aliphatic rings. The Kier molecular flexibility index (Phi) is 4.95. The summed E-state index contributed by atoms with van der Waals surface area (Å²) in [7, 11) is -3.80. The maximum atomic E-state index is 12.7. The number of carboxylic acids is 1. The number of aliphatic carboxylic acids is 1. The number of carboxylic acid groups (broad SMARTS) is 1. The predicted molar refractivity (Wildman–Crippen MR) is 83.4 cm³/mol. The standard InChI is InChI=1S/C11H13Br2NO4S2/c1-6-2-3-14(7(4-6)11(15)16)20(17,18)8-5-9(12)19-10(8)13/h5-7H,2-4H2,1H3,(H,15,16). The molecule has 0 spiro atoms. The number of sulfonamides is 1. The molecular weight excluding hydrogens is 434 g/mol. The van der Waals surface area contributed by atoms with E-state index in [1.807, 2.05) is 6.92 Å². The van der Waals surface area contributed by atoms with E-state index in [4.69, 9.17) is 0 Å². The molecule has 0 amide bonds. The van der Waals surface area contributed by atoms with E-state index in [0.717, 1.165) is 4.31 Å². The summed E-state index contributed by atoms with van der Waals surface area (Å²) >= 11 is 7.72. The lowest BCUT2D eigenvalue weighted by Crippen LogP contribution is -2.49. The van der Waals surface area contributed by atoms with Gasteiger partial charge in [-0.25, -0.2) is 8.42 Å². The first-order valence-electron chi connectivity index (χ1n) is 5.93. The van der Waals surface area contributed by atoms with Crippen LogP contribution in [-0.2, 0) is 14.8 Å². The number of halogens is 2. The summed E-state index contributed by atoms with van der Waals surface area (Å²) in [6.07, 6.45) is 1.02. The highest BCUT2D eigenvalue weighted by atomic mass is 79.9. The lowest BCUT2D eigenvalue weighted by molar-refractivity contribution is -0.143. The molecular formula is C11H13Br2NO4S2. The minimum atomic E-state index is -3.80. The summed E-state index contributed by atoms with van der Waals surface area (Å²) < 4.78 is 27.6. The Bertz CT molecular complexity index is 628. The van der Waals surface area contributed by atoms with Crippen molar-refractivity contribution >= 4 is 59.2 Å². The van der Waals surface area contributed by atoms with Crippen LogP contribution < -0.4 is 0 Å². The second-order valence-electron chi connectivity index (χ2n) is 4.79. The molecule has 5 nitrogen and oxygen atoms in total. The van der Waals surface area contributed by atoms with Gasteiger partial charge in [0.25, 0.3) is 0 Å². The zero-order valence-corrected chi connectivity index (χ0v) is 15.3. The van der Waals surface area contributed by atoms with Gasteiger partial charge in [0.2, 0.25) is 10.0 Å². The van der Waals surface area contributed by atoms with E-state index < -0.39 is 22.0 Å². The van der Waals surface area contributed by atoms with Crippen LogP contribution >= 0.6 is 43.2 Å². The highest BCUT2D eigenvalue weighted by Gasteiger charge is 2.40. The fourth-order valence-electron chi connectivity index (χ4n) is 2.26. The maximum Gasteiger partial charge on any atom is 0.322 e. The van der Waals surface area contributed by atoms with Crippen LogP contribution in [0.4, 0.5) is 0 Å². The molecule has 1 fully saturated rings. The van der Waals surface area contributed by atoms with Crippen LogP contribution in [0.15, 0.2) is 18.5 Å². The number of thiophene rings is 1. The van der Waals surface area contributed by atoms with Gasteiger partial charge in [0.1, 0.15) is 10.9 Å². The topological polar surface area (TPSA) is 74.7 Å². The first-order chi connectivity index (χ1) is 9.23. The molecule has 1 aromatic heterocycles. The van der Waals surface area contributed by atoms with E-state index in [-0.39, 0.29) is 17.4 Å². The zero-order valence-electron chi connectivity index (χ0n) is 10.5. The van der Waals surface area contributed by atoms with E-state index in [9.17, 15) is 18.3 Å². The van der Waals surface area contributed by atoms with Gasteiger partial charge < -0.3 is 5.11 Å². The molecule has 20 heavy (non-hydrogen) atoms. The molecule has 1 N–H and O–H groups in total. The number of hydrogen-bond acceptors (Lipinski definition) is 4. The van der Waals surface area contributed by atoms with Crippen molar-refractivity contribution in [3.63, 3.8) is 0 Å². The van der Waals surface area contributed by atoms with Crippen LogP contribution in [0.1, 0.15) is 19.8 Å². The lowest BCUT2D eigenvalue weighted by Gasteiger charge is -2.34. The highest BCUT2D eigenvalue weighted by Crippen LogP contribution is 2.38. The molecule has 1 aromatic rings. The minimum Gasteiger partial charge on any atom is -0.480 e. The van der Waals surface area contributed by atoms with Crippen LogP contribution in [0.5, 0.6) is 0 Å². The Labute approximate surface area is 138 Å². The largest absolute Gasteiger partial charge is 0.480 e. The molecule has 0 radical (unpaired) electrons. The smallest absolute Gasteiger partial charge is 0.322 e. The lowest BCUT2D eigenvalue weighted by atomic mass is 9.94. The van der Waals surface area contributed by atoms with Crippen LogP contribution in [0.2, 0.25) is 0 Å². The molecule has 0 aliphatic carbocycles. The number of rotatable bonds is 3. The van der Waals surface area contributed by atoms with Crippen molar-refractivity contribution < 1.29 is 18.3 Å². The van der Waals surface area contributed by atoms with Crippen LogP contribution in [0.3, 0.4) is 0 Å². The zero-order chi connectivity index (χ0) is 15.1. The quantitative estimate of drug-likeness (QED) is 0.773. The minimum absolute atomic E-state index is 0.121. The third-order valence-electron chi connectivity index (χ3n) is 3.31. The fraction of sp³-hybridized carbons (Fsp3) is 0.545. The maximum absolute atomic E-state index is 12.7. The molecule has 0 saturated carbocycles. The number of nitrogens with zero attached hydrogens (tertiary/aromatic N) is 1. The third kappa shape index (κ3) is 3.11. The van der Waals surface area contributed by atoms with Gasteiger partial charge in [-0.15, -0.1) is 11.3 Å². The normalized spacial score (nSPS) is 24.8. The van der Waals surface area contributed by atoms with Crippen molar-refractivity contribution in [2.24, 2.45) is 5.92 Å².